The number of fused-ring (bicyclic) bond motifs is 1. The summed E-state index contributed by atoms with van der Waals surface area (Å²) in [5, 5.41) is 0. The maximum Gasteiger partial charge on any atom is 0.418 e. The summed E-state index contributed by atoms with van der Waals surface area (Å²) in [6.45, 7) is 5.09. The fourth-order valence-electron chi connectivity index (χ4n) is 8.25. The van der Waals surface area contributed by atoms with Crippen molar-refractivity contribution < 1.29 is 17.9 Å². The van der Waals surface area contributed by atoms with Gasteiger partial charge in [-0.05, 0) is 82.0 Å². The quantitative estimate of drug-likeness (QED) is 0.549. The van der Waals surface area contributed by atoms with E-state index in [1.807, 2.05) is 0 Å². The fraction of sp³-hybridized carbons (Fsp3) is 0.759. The average Bonchev–Trinajstić information content (AvgIpc) is 3.46. The molecule has 2 aromatic heterocycles. The summed E-state index contributed by atoms with van der Waals surface area (Å²) in [6, 6.07) is 1.13. The molecule has 2 aliphatic heterocycles. The predicted octanol–water partition coefficient (Wildman–Crippen LogP) is 4.20. The zero-order valence-electron chi connectivity index (χ0n) is 23.8. The Morgan fingerprint density at radius 1 is 1.15 bits per heavy atom. The van der Waals surface area contributed by atoms with Gasteiger partial charge in [0.2, 0.25) is 0 Å². The maximum atomic E-state index is 14.3. The Balaban J connectivity index is 1.31. The lowest BCUT2D eigenvalue weighted by molar-refractivity contribution is -0.140. The topological polar surface area (TPSA) is 66.2 Å². The molecular formula is C29H43F3N6O2. The van der Waals surface area contributed by atoms with Gasteiger partial charge in [-0.2, -0.15) is 13.2 Å². The molecule has 4 fully saturated rings. The van der Waals surface area contributed by atoms with Crippen LogP contribution in [0.3, 0.4) is 0 Å². The van der Waals surface area contributed by atoms with Crippen molar-refractivity contribution in [2.75, 3.05) is 33.9 Å². The highest BCUT2D eigenvalue weighted by Crippen LogP contribution is 2.57. The molecule has 40 heavy (non-hydrogen) atoms. The van der Waals surface area contributed by atoms with E-state index in [2.05, 4.69) is 34.6 Å². The first-order valence-electron chi connectivity index (χ1n) is 14.9. The lowest BCUT2D eigenvalue weighted by Gasteiger charge is -2.57. The summed E-state index contributed by atoms with van der Waals surface area (Å²) in [6.07, 6.45) is 6.57. The Bertz CT molecular complexity index is 1270. The number of hydrazine groups is 1. The predicted molar refractivity (Wildman–Crippen MR) is 146 cm³/mol. The lowest BCUT2D eigenvalue weighted by Crippen LogP contribution is -2.62. The number of alkyl halides is 3. The SMILES string of the molecule is COC1CC(C2CCCC(n3cc4c(C(F)(F)F)cc(CN5CCC[C@H](C)C5)cn4c3=O)C2)(C2NNCN2C)C1. The zero-order chi connectivity index (χ0) is 28.2. The van der Waals surface area contributed by atoms with Crippen LogP contribution in [0.15, 0.2) is 23.3 Å². The molecule has 0 amide bonds. The number of likely N-dealkylation sites (tertiary alicyclic amines) is 1. The van der Waals surface area contributed by atoms with Gasteiger partial charge < -0.3 is 4.74 Å². The van der Waals surface area contributed by atoms with E-state index in [0.29, 0.717) is 23.9 Å². The number of nitrogens with zero attached hydrogens (tertiary/aromatic N) is 4. The van der Waals surface area contributed by atoms with Crippen LogP contribution in [0.2, 0.25) is 0 Å². The summed E-state index contributed by atoms with van der Waals surface area (Å²) in [4.78, 5) is 18.2. The molecule has 4 atom stereocenters. The third kappa shape index (κ3) is 5.02. The highest BCUT2D eigenvalue weighted by molar-refractivity contribution is 5.56. The van der Waals surface area contributed by atoms with E-state index in [4.69, 9.17) is 4.74 Å². The van der Waals surface area contributed by atoms with Gasteiger partial charge in [0.15, 0.2) is 0 Å². The molecule has 2 aromatic rings. The first kappa shape index (κ1) is 28.2. The van der Waals surface area contributed by atoms with E-state index in [0.717, 1.165) is 71.1 Å². The van der Waals surface area contributed by atoms with Crippen molar-refractivity contribution in [3.8, 4) is 0 Å². The summed E-state index contributed by atoms with van der Waals surface area (Å²) >= 11 is 0. The molecule has 0 bridgehead atoms. The monoisotopic (exact) mass is 564 g/mol. The molecule has 4 aliphatic rings. The number of hydrogen-bond acceptors (Lipinski definition) is 6. The van der Waals surface area contributed by atoms with Gasteiger partial charge in [-0.25, -0.2) is 15.6 Å². The molecule has 2 N–H and O–H groups in total. The second-order valence-corrected chi connectivity index (χ2v) is 13.0. The molecule has 3 unspecified atom stereocenters. The molecule has 2 saturated carbocycles. The third-order valence-corrected chi connectivity index (χ3v) is 10.3. The molecule has 4 heterocycles. The van der Waals surface area contributed by atoms with E-state index in [9.17, 15) is 18.0 Å². The summed E-state index contributed by atoms with van der Waals surface area (Å²) < 4.78 is 51.5. The number of halogens is 3. The molecule has 11 heteroatoms. The van der Waals surface area contributed by atoms with Crippen LogP contribution >= 0.6 is 0 Å². The highest BCUT2D eigenvalue weighted by Gasteiger charge is 2.57. The molecule has 2 aliphatic carbocycles. The lowest BCUT2D eigenvalue weighted by atomic mass is 9.54. The van der Waals surface area contributed by atoms with Crippen LogP contribution in [0.4, 0.5) is 13.2 Å². The van der Waals surface area contributed by atoms with E-state index >= 15 is 0 Å². The molecule has 2 saturated heterocycles. The third-order valence-electron chi connectivity index (χ3n) is 10.3. The molecular weight excluding hydrogens is 521 g/mol. The van der Waals surface area contributed by atoms with E-state index in [1.54, 1.807) is 17.9 Å². The number of rotatable bonds is 6. The first-order valence-corrected chi connectivity index (χ1v) is 14.9. The van der Waals surface area contributed by atoms with Crippen LogP contribution in [-0.2, 0) is 17.5 Å². The molecule has 0 aromatic carbocycles. The van der Waals surface area contributed by atoms with Crippen LogP contribution in [0.5, 0.6) is 0 Å². The van der Waals surface area contributed by atoms with Crippen molar-refractivity contribution in [1.29, 1.82) is 0 Å². The Hall–Kier alpha value is -1.92. The van der Waals surface area contributed by atoms with Crippen molar-refractivity contribution in [2.24, 2.45) is 17.3 Å². The normalized spacial score (nSPS) is 34.4. The number of nitrogens with one attached hydrogen (secondary N) is 2. The average molecular weight is 565 g/mol. The van der Waals surface area contributed by atoms with E-state index < -0.39 is 11.7 Å². The van der Waals surface area contributed by atoms with Crippen molar-refractivity contribution in [2.45, 2.75) is 89.3 Å². The number of methoxy groups -OCH3 is 1. The Morgan fingerprint density at radius 3 is 2.62 bits per heavy atom. The molecule has 6 rings (SSSR count). The fourth-order valence-corrected chi connectivity index (χ4v) is 8.25. The minimum atomic E-state index is -4.54. The minimum absolute atomic E-state index is 0.00373. The number of aromatic nitrogens is 2. The van der Waals surface area contributed by atoms with Crippen LogP contribution in [0.1, 0.15) is 75.5 Å². The van der Waals surface area contributed by atoms with Crippen LogP contribution in [-0.4, -0.2) is 65.0 Å². The number of imidazole rings is 1. The van der Waals surface area contributed by atoms with Gasteiger partial charge in [0, 0.05) is 44.0 Å². The Labute approximate surface area is 233 Å². The maximum absolute atomic E-state index is 14.3. The molecule has 0 spiro atoms. The summed E-state index contributed by atoms with van der Waals surface area (Å²) in [5.41, 5.74) is 6.13. The van der Waals surface area contributed by atoms with Crippen molar-refractivity contribution in [3.05, 3.63) is 40.1 Å². The number of pyridine rings is 1. The van der Waals surface area contributed by atoms with E-state index in [1.165, 1.54) is 16.7 Å². The van der Waals surface area contributed by atoms with Crippen molar-refractivity contribution >= 4 is 5.52 Å². The standard InChI is InChI=1S/C29H43F3N6O2/c1-19-6-5-9-36(14-19)15-20-10-24(29(30,31)32)25-17-37(27(39)38(25)16-20)22-8-4-7-21(11-22)28(12-23(13-28)40-3)26-34-33-18-35(26)2/h10,16-17,19,21-23,26,33-34H,4-9,11-15,18H2,1-3H3/t19-,21?,22?,23?,26?,28?/m0/s1. The van der Waals surface area contributed by atoms with Gasteiger partial charge in [0.1, 0.15) is 0 Å². The van der Waals surface area contributed by atoms with Gasteiger partial charge in [0.05, 0.1) is 30.0 Å². The van der Waals surface area contributed by atoms with Gasteiger partial charge in [-0.15, -0.1) is 0 Å². The Kier molecular flexibility index (Phi) is 7.57. The Morgan fingerprint density at radius 2 is 1.95 bits per heavy atom. The number of hydrogen-bond donors (Lipinski definition) is 2. The second kappa shape index (κ2) is 10.7. The smallest absolute Gasteiger partial charge is 0.381 e. The first-order chi connectivity index (χ1) is 19.1. The largest absolute Gasteiger partial charge is 0.418 e. The molecule has 0 radical (unpaired) electrons. The van der Waals surface area contributed by atoms with Crippen LogP contribution in [0.25, 0.3) is 5.52 Å². The highest BCUT2D eigenvalue weighted by atomic mass is 19.4. The van der Waals surface area contributed by atoms with Crippen LogP contribution in [0, 0.1) is 17.3 Å². The van der Waals surface area contributed by atoms with E-state index in [-0.39, 0.29) is 34.9 Å². The van der Waals surface area contributed by atoms with Gasteiger partial charge >= 0.3 is 11.9 Å². The second-order valence-electron chi connectivity index (χ2n) is 13.0. The van der Waals surface area contributed by atoms with Crippen molar-refractivity contribution in [1.82, 2.24) is 29.6 Å². The molecule has 8 nitrogen and oxygen atoms in total. The molecule has 222 valence electrons. The number of piperidine rings is 1. The minimum Gasteiger partial charge on any atom is -0.381 e. The summed E-state index contributed by atoms with van der Waals surface area (Å²) in [5.74, 6) is 0.863. The zero-order valence-corrected chi connectivity index (χ0v) is 23.8. The van der Waals surface area contributed by atoms with Gasteiger partial charge in [0.25, 0.3) is 0 Å². The van der Waals surface area contributed by atoms with Crippen molar-refractivity contribution in [3.63, 3.8) is 0 Å². The summed E-state index contributed by atoms with van der Waals surface area (Å²) in [7, 11) is 3.86. The number of ether oxygens (including phenoxy) is 1. The van der Waals surface area contributed by atoms with Gasteiger partial charge in [-0.1, -0.05) is 13.3 Å². The van der Waals surface area contributed by atoms with Crippen LogP contribution < -0.4 is 16.5 Å². The van der Waals surface area contributed by atoms with Gasteiger partial charge in [-0.3, -0.25) is 18.8 Å².